The quantitative estimate of drug-likeness (QED) is 0.942. The Morgan fingerprint density at radius 3 is 3.05 bits per heavy atom. The SMILES string of the molecule is CNc1cc([C@H]2CCCN(C(=O)c3cc(C)cs3)C2)ccn1. The molecule has 1 aliphatic rings. The van der Waals surface area contributed by atoms with Crippen LogP contribution in [0.25, 0.3) is 0 Å². The van der Waals surface area contributed by atoms with Crippen LogP contribution in [0.2, 0.25) is 0 Å². The Balaban J connectivity index is 1.75. The maximum atomic E-state index is 12.6. The summed E-state index contributed by atoms with van der Waals surface area (Å²) in [7, 11) is 1.88. The van der Waals surface area contributed by atoms with Gasteiger partial charge in [-0.05, 0) is 54.5 Å². The number of aryl methyl sites for hydroxylation is 1. The Morgan fingerprint density at radius 2 is 2.32 bits per heavy atom. The summed E-state index contributed by atoms with van der Waals surface area (Å²) < 4.78 is 0. The van der Waals surface area contributed by atoms with E-state index in [1.807, 2.05) is 36.5 Å². The Labute approximate surface area is 135 Å². The molecule has 1 saturated heterocycles. The maximum Gasteiger partial charge on any atom is 0.263 e. The molecule has 1 fully saturated rings. The highest BCUT2D eigenvalue weighted by molar-refractivity contribution is 7.12. The average molecular weight is 315 g/mol. The number of amides is 1. The molecule has 0 bridgehead atoms. The number of hydrogen-bond donors (Lipinski definition) is 1. The second-order valence-electron chi connectivity index (χ2n) is 5.80. The molecule has 0 aromatic carbocycles. The van der Waals surface area contributed by atoms with Crippen LogP contribution in [-0.4, -0.2) is 35.9 Å². The highest BCUT2D eigenvalue weighted by atomic mass is 32.1. The standard InChI is InChI=1S/C17H21N3OS/c1-12-8-15(22-11-12)17(21)20-7-3-4-14(10-20)13-5-6-19-16(9-13)18-2/h5-6,8-9,11,14H,3-4,7,10H2,1-2H3,(H,18,19)/t14-/m0/s1. The molecule has 4 nitrogen and oxygen atoms in total. The van der Waals surface area contributed by atoms with Crippen LogP contribution in [0.1, 0.15) is 39.6 Å². The van der Waals surface area contributed by atoms with Crippen molar-refractivity contribution in [3.05, 3.63) is 45.8 Å². The fourth-order valence-electron chi connectivity index (χ4n) is 2.97. The molecule has 2 aromatic rings. The molecule has 0 unspecified atom stereocenters. The number of carbonyl (C=O) groups is 1. The molecule has 0 saturated carbocycles. The highest BCUT2D eigenvalue weighted by Gasteiger charge is 2.26. The summed E-state index contributed by atoms with van der Waals surface area (Å²) in [5.41, 5.74) is 2.42. The molecule has 0 spiro atoms. The van der Waals surface area contributed by atoms with Crippen molar-refractivity contribution in [3.63, 3.8) is 0 Å². The number of likely N-dealkylation sites (tertiary alicyclic amines) is 1. The third-order valence-electron chi connectivity index (χ3n) is 4.16. The normalized spacial score (nSPS) is 18.3. The molecule has 5 heteroatoms. The summed E-state index contributed by atoms with van der Waals surface area (Å²) in [6, 6.07) is 6.14. The van der Waals surface area contributed by atoms with Gasteiger partial charge < -0.3 is 10.2 Å². The number of pyridine rings is 1. The van der Waals surface area contributed by atoms with E-state index >= 15 is 0 Å². The van der Waals surface area contributed by atoms with Crippen molar-refractivity contribution in [1.82, 2.24) is 9.88 Å². The van der Waals surface area contributed by atoms with Gasteiger partial charge in [0.1, 0.15) is 5.82 Å². The number of nitrogens with zero attached hydrogens (tertiary/aromatic N) is 2. The number of nitrogens with one attached hydrogen (secondary N) is 1. The second kappa shape index (κ2) is 6.48. The van der Waals surface area contributed by atoms with E-state index in [-0.39, 0.29) is 5.91 Å². The van der Waals surface area contributed by atoms with E-state index in [2.05, 4.69) is 22.4 Å². The summed E-state index contributed by atoms with van der Waals surface area (Å²) >= 11 is 1.54. The molecule has 2 aromatic heterocycles. The lowest BCUT2D eigenvalue weighted by Gasteiger charge is -2.33. The Kier molecular flexibility index (Phi) is 4.43. The zero-order valence-corrected chi connectivity index (χ0v) is 13.8. The van der Waals surface area contributed by atoms with Crippen molar-refractivity contribution >= 4 is 23.1 Å². The third-order valence-corrected chi connectivity index (χ3v) is 5.20. The van der Waals surface area contributed by atoms with Gasteiger partial charge in [0.2, 0.25) is 0 Å². The van der Waals surface area contributed by atoms with Gasteiger partial charge in [-0.15, -0.1) is 11.3 Å². The number of hydrogen-bond acceptors (Lipinski definition) is 4. The van der Waals surface area contributed by atoms with Gasteiger partial charge in [0.15, 0.2) is 0 Å². The first-order valence-corrected chi connectivity index (χ1v) is 8.53. The molecule has 1 atom stereocenters. The van der Waals surface area contributed by atoms with Crippen LogP contribution in [0, 0.1) is 6.92 Å². The van der Waals surface area contributed by atoms with Gasteiger partial charge in [-0.3, -0.25) is 4.79 Å². The minimum Gasteiger partial charge on any atom is -0.373 e. The van der Waals surface area contributed by atoms with Gasteiger partial charge >= 0.3 is 0 Å². The predicted octanol–water partition coefficient (Wildman–Crippen LogP) is 3.51. The van der Waals surface area contributed by atoms with Crippen LogP contribution < -0.4 is 5.32 Å². The van der Waals surface area contributed by atoms with E-state index in [1.165, 1.54) is 5.56 Å². The van der Waals surface area contributed by atoms with E-state index in [1.54, 1.807) is 11.3 Å². The second-order valence-corrected chi connectivity index (χ2v) is 6.71. The van der Waals surface area contributed by atoms with E-state index < -0.39 is 0 Å². The maximum absolute atomic E-state index is 12.6. The molecule has 0 aliphatic carbocycles. The molecule has 1 N–H and O–H groups in total. The van der Waals surface area contributed by atoms with Crippen LogP contribution in [-0.2, 0) is 0 Å². The summed E-state index contributed by atoms with van der Waals surface area (Å²) in [6.07, 6.45) is 4.02. The topological polar surface area (TPSA) is 45.2 Å². The van der Waals surface area contributed by atoms with E-state index in [4.69, 9.17) is 0 Å². The molecular weight excluding hydrogens is 294 g/mol. The van der Waals surface area contributed by atoms with E-state index in [9.17, 15) is 4.79 Å². The first-order chi connectivity index (χ1) is 10.7. The third kappa shape index (κ3) is 3.14. The van der Waals surface area contributed by atoms with Crippen LogP contribution in [0.3, 0.4) is 0 Å². The molecule has 1 amide bonds. The van der Waals surface area contributed by atoms with Crippen molar-refractivity contribution in [2.45, 2.75) is 25.7 Å². The fraction of sp³-hybridized carbons (Fsp3) is 0.412. The summed E-state index contributed by atoms with van der Waals surface area (Å²) in [5, 5.41) is 5.12. The molecule has 3 heterocycles. The first-order valence-electron chi connectivity index (χ1n) is 7.65. The van der Waals surface area contributed by atoms with Gasteiger partial charge in [-0.2, -0.15) is 0 Å². The number of aromatic nitrogens is 1. The molecule has 116 valence electrons. The Bertz CT molecular complexity index is 667. The van der Waals surface area contributed by atoms with Crippen LogP contribution in [0.4, 0.5) is 5.82 Å². The lowest BCUT2D eigenvalue weighted by Crippen LogP contribution is -2.38. The van der Waals surface area contributed by atoms with Crippen LogP contribution in [0.5, 0.6) is 0 Å². The first kappa shape index (κ1) is 15.0. The lowest BCUT2D eigenvalue weighted by molar-refractivity contribution is 0.0712. The number of rotatable bonds is 3. The highest BCUT2D eigenvalue weighted by Crippen LogP contribution is 2.29. The zero-order valence-electron chi connectivity index (χ0n) is 13.0. The van der Waals surface area contributed by atoms with Gasteiger partial charge in [0, 0.05) is 32.3 Å². The fourth-order valence-corrected chi connectivity index (χ4v) is 3.84. The van der Waals surface area contributed by atoms with Gasteiger partial charge in [0.05, 0.1) is 4.88 Å². The average Bonchev–Trinajstić information content (AvgIpc) is 3.01. The molecule has 22 heavy (non-hydrogen) atoms. The van der Waals surface area contributed by atoms with E-state index in [0.717, 1.165) is 42.2 Å². The minimum atomic E-state index is 0.172. The van der Waals surface area contributed by atoms with Crippen molar-refractivity contribution in [1.29, 1.82) is 0 Å². The number of anilines is 1. The lowest BCUT2D eigenvalue weighted by atomic mass is 9.91. The summed E-state index contributed by atoms with van der Waals surface area (Å²) in [5.74, 6) is 1.45. The molecule has 0 radical (unpaired) electrons. The number of thiophene rings is 1. The zero-order chi connectivity index (χ0) is 15.5. The smallest absolute Gasteiger partial charge is 0.263 e. The van der Waals surface area contributed by atoms with Crippen LogP contribution >= 0.6 is 11.3 Å². The Hall–Kier alpha value is -1.88. The Morgan fingerprint density at radius 1 is 1.45 bits per heavy atom. The minimum absolute atomic E-state index is 0.172. The molecule has 3 rings (SSSR count). The summed E-state index contributed by atoms with van der Waals surface area (Å²) in [6.45, 7) is 3.68. The van der Waals surface area contributed by atoms with Crippen molar-refractivity contribution in [3.8, 4) is 0 Å². The van der Waals surface area contributed by atoms with Crippen molar-refractivity contribution < 1.29 is 4.79 Å². The summed E-state index contributed by atoms with van der Waals surface area (Å²) in [4.78, 5) is 19.7. The molecule has 1 aliphatic heterocycles. The van der Waals surface area contributed by atoms with Crippen LogP contribution in [0.15, 0.2) is 29.8 Å². The number of carbonyl (C=O) groups excluding carboxylic acids is 1. The van der Waals surface area contributed by atoms with Gasteiger partial charge in [-0.1, -0.05) is 0 Å². The predicted molar refractivity (Wildman–Crippen MR) is 90.7 cm³/mol. The largest absolute Gasteiger partial charge is 0.373 e. The van der Waals surface area contributed by atoms with Crippen molar-refractivity contribution in [2.75, 3.05) is 25.5 Å². The van der Waals surface area contributed by atoms with Gasteiger partial charge in [0.25, 0.3) is 5.91 Å². The van der Waals surface area contributed by atoms with E-state index in [0.29, 0.717) is 5.92 Å². The van der Waals surface area contributed by atoms with Crippen molar-refractivity contribution in [2.24, 2.45) is 0 Å². The number of piperidine rings is 1. The van der Waals surface area contributed by atoms with Gasteiger partial charge in [-0.25, -0.2) is 4.98 Å². The monoisotopic (exact) mass is 315 g/mol. The molecular formula is C17H21N3OS.